The molecule has 0 saturated carbocycles. The highest BCUT2D eigenvalue weighted by atomic mass is 16.5. The van der Waals surface area contributed by atoms with Crippen molar-refractivity contribution in [1.29, 1.82) is 0 Å². The lowest BCUT2D eigenvalue weighted by atomic mass is 10.0. The second-order valence-corrected chi connectivity index (χ2v) is 5.93. The number of oxazole rings is 1. The summed E-state index contributed by atoms with van der Waals surface area (Å²) < 4.78 is 11.3. The van der Waals surface area contributed by atoms with Gasteiger partial charge in [-0.2, -0.15) is 0 Å². The van der Waals surface area contributed by atoms with Crippen LogP contribution in [0.25, 0.3) is 11.5 Å². The molecule has 0 radical (unpaired) electrons. The molecule has 2 aromatic rings. The van der Waals surface area contributed by atoms with Crippen LogP contribution in [0.4, 0.5) is 0 Å². The van der Waals surface area contributed by atoms with Crippen LogP contribution in [0.3, 0.4) is 0 Å². The second-order valence-electron chi connectivity index (χ2n) is 5.93. The molecule has 1 aromatic carbocycles. The van der Waals surface area contributed by atoms with E-state index in [0.717, 1.165) is 53.5 Å². The van der Waals surface area contributed by atoms with E-state index in [1.807, 2.05) is 26.1 Å². The van der Waals surface area contributed by atoms with Gasteiger partial charge in [0.2, 0.25) is 5.89 Å². The van der Waals surface area contributed by atoms with Gasteiger partial charge in [-0.3, -0.25) is 4.90 Å². The largest absolute Gasteiger partial charge is 0.496 e. The molecule has 0 unspecified atom stereocenters. The van der Waals surface area contributed by atoms with Crippen LogP contribution >= 0.6 is 0 Å². The maximum Gasteiger partial charge on any atom is 0.226 e. The molecular weight excluding hydrogens is 290 g/mol. The number of nitrogens with one attached hydrogen (secondary N) is 1. The van der Waals surface area contributed by atoms with Gasteiger partial charge in [-0.15, -0.1) is 0 Å². The first-order valence-electron chi connectivity index (χ1n) is 7.92. The lowest BCUT2D eigenvalue weighted by Gasteiger charge is -2.14. The summed E-state index contributed by atoms with van der Waals surface area (Å²) >= 11 is 0. The first-order valence-corrected chi connectivity index (χ1v) is 7.92. The molecule has 0 spiro atoms. The first kappa shape index (κ1) is 17.5. The van der Waals surface area contributed by atoms with E-state index in [4.69, 9.17) is 14.1 Å². The van der Waals surface area contributed by atoms with Crippen LogP contribution in [-0.4, -0.2) is 44.2 Å². The Hall–Kier alpha value is -1.85. The van der Waals surface area contributed by atoms with Gasteiger partial charge in [-0.1, -0.05) is 0 Å². The van der Waals surface area contributed by atoms with Crippen LogP contribution in [0.5, 0.6) is 5.75 Å². The van der Waals surface area contributed by atoms with Crippen molar-refractivity contribution in [3.63, 3.8) is 0 Å². The molecule has 2 rings (SSSR count). The Kier molecular flexibility index (Phi) is 5.80. The Morgan fingerprint density at radius 1 is 1.22 bits per heavy atom. The minimum atomic E-state index is 0.683. The lowest BCUT2D eigenvalue weighted by Crippen LogP contribution is -2.27. The van der Waals surface area contributed by atoms with E-state index in [2.05, 4.69) is 31.1 Å². The zero-order chi connectivity index (χ0) is 17.0. The van der Waals surface area contributed by atoms with Gasteiger partial charge >= 0.3 is 0 Å². The summed E-state index contributed by atoms with van der Waals surface area (Å²) in [6.07, 6.45) is 0. The molecule has 23 heavy (non-hydrogen) atoms. The quantitative estimate of drug-likeness (QED) is 0.851. The summed E-state index contributed by atoms with van der Waals surface area (Å²) in [5.41, 5.74) is 4.27. The second kappa shape index (κ2) is 7.62. The number of hydrogen-bond donors (Lipinski definition) is 1. The molecule has 1 heterocycles. The van der Waals surface area contributed by atoms with Gasteiger partial charge < -0.3 is 14.5 Å². The highest BCUT2D eigenvalue weighted by molar-refractivity contribution is 5.63. The average molecular weight is 317 g/mol. The number of benzene rings is 1. The van der Waals surface area contributed by atoms with Gasteiger partial charge in [0, 0.05) is 25.2 Å². The summed E-state index contributed by atoms with van der Waals surface area (Å²) in [4.78, 5) is 6.95. The van der Waals surface area contributed by atoms with E-state index in [1.54, 1.807) is 7.11 Å². The molecule has 0 aliphatic heterocycles. The highest BCUT2D eigenvalue weighted by Gasteiger charge is 2.16. The summed E-state index contributed by atoms with van der Waals surface area (Å²) in [7, 11) is 5.74. The number of rotatable bonds is 7. The summed E-state index contributed by atoms with van der Waals surface area (Å²) in [6, 6.07) is 3.98. The van der Waals surface area contributed by atoms with Crippen LogP contribution in [-0.2, 0) is 6.54 Å². The molecule has 0 aliphatic carbocycles. The molecule has 0 atom stereocenters. The van der Waals surface area contributed by atoms with Crippen LogP contribution < -0.4 is 10.1 Å². The smallest absolute Gasteiger partial charge is 0.226 e. The average Bonchev–Trinajstić information content (AvgIpc) is 2.88. The standard InChI is InChI=1S/C18H27N3O2/c1-12-13(2)17(22-6)8-7-15(12)18-20-16(14(3)23-18)11-21(5)10-9-19-4/h7-8,19H,9-11H2,1-6H3. The monoisotopic (exact) mass is 317 g/mol. The van der Waals surface area contributed by atoms with Crippen molar-refractivity contribution >= 4 is 0 Å². The Morgan fingerprint density at radius 2 is 1.96 bits per heavy atom. The van der Waals surface area contributed by atoms with Gasteiger partial charge in [0.05, 0.1) is 12.8 Å². The van der Waals surface area contributed by atoms with Crippen LogP contribution in [0.2, 0.25) is 0 Å². The number of nitrogens with zero attached hydrogens (tertiary/aromatic N) is 2. The van der Waals surface area contributed by atoms with Crippen molar-refractivity contribution in [2.24, 2.45) is 0 Å². The number of likely N-dealkylation sites (N-methyl/N-ethyl adjacent to an activating group) is 2. The third-order valence-corrected chi connectivity index (χ3v) is 4.24. The van der Waals surface area contributed by atoms with Crippen molar-refractivity contribution in [3.8, 4) is 17.2 Å². The van der Waals surface area contributed by atoms with E-state index in [-0.39, 0.29) is 0 Å². The van der Waals surface area contributed by atoms with Gasteiger partial charge in [0.15, 0.2) is 0 Å². The molecule has 126 valence electrons. The van der Waals surface area contributed by atoms with Gasteiger partial charge in [0.1, 0.15) is 11.5 Å². The molecule has 5 heteroatoms. The third-order valence-electron chi connectivity index (χ3n) is 4.24. The molecular formula is C18H27N3O2. The minimum absolute atomic E-state index is 0.683. The number of ether oxygens (including phenoxy) is 1. The van der Waals surface area contributed by atoms with Crippen LogP contribution in [0.1, 0.15) is 22.6 Å². The number of methoxy groups -OCH3 is 1. The first-order chi connectivity index (χ1) is 11.0. The third kappa shape index (κ3) is 3.92. The molecule has 0 aliphatic rings. The van der Waals surface area contributed by atoms with E-state index < -0.39 is 0 Å². The van der Waals surface area contributed by atoms with E-state index in [0.29, 0.717) is 5.89 Å². The maximum absolute atomic E-state index is 5.92. The molecule has 5 nitrogen and oxygen atoms in total. The SMILES string of the molecule is CNCCN(C)Cc1nc(-c2ccc(OC)c(C)c2C)oc1C. The molecule has 1 N–H and O–H groups in total. The maximum atomic E-state index is 5.92. The lowest BCUT2D eigenvalue weighted by molar-refractivity contribution is 0.322. The summed E-state index contributed by atoms with van der Waals surface area (Å²) in [6.45, 7) is 8.82. The van der Waals surface area contributed by atoms with Crippen molar-refractivity contribution in [2.75, 3.05) is 34.3 Å². The van der Waals surface area contributed by atoms with Gasteiger partial charge in [0.25, 0.3) is 0 Å². The fourth-order valence-corrected chi connectivity index (χ4v) is 2.58. The fourth-order valence-electron chi connectivity index (χ4n) is 2.58. The van der Waals surface area contributed by atoms with Crippen LogP contribution in [0.15, 0.2) is 16.5 Å². The van der Waals surface area contributed by atoms with Crippen molar-refractivity contribution in [1.82, 2.24) is 15.2 Å². The topological polar surface area (TPSA) is 50.5 Å². The summed E-state index contributed by atoms with van der Waals surface area (Å²) in [5.74, 6) is 2.45. The predicted molar refractivity (Wildman–Crippen MR) is 93.0 cm³/mol. The molecule has 0 amide bonds. The van der Waals surface area contributed by atoms with Gasteiger partial charge in [-0.25, -0.2) is 4.98 Å². The Bertz CT molecular complexity index is 665. The predicted octanol–water partition coefficient (Wildman–Crippen LogP) is 2.93. The number of aromatic nitrogens is 1. The van der Waals surface area contributed by atoms with Crippen molar-refractivity contribution in [3.05, 3.63) is 34.7 Å². The van der Waals surface area contributed by atoms with E-state index in [9.17, 15) is 0 Å². The van der Waals surface area contributed by atoms with E-state index in [1.165, 1.54) is 0 Å². The van der Waals surface area contributed by atoms with Crippen molar-refractivity contribution < 1.29 is 9.15 Å². The summed E-state index contributed by atoms with van der Waals surface area (Å²) in [5, 5.41) is 3.16. The molecule has 1 aromatic heterocycles. The highest BCUT2D eigenvalue weighted by Crippen LogP contribution is 2.31. The Labute approximate surface area is 138 Å². The molecule has 0 fully saturated rings. The number of hydrogen-bond acceptors (Lipinski definition) is 5. The van der Waals surface area contributed by atoms with Crippen LogP contribution in [0, 0.1) is 20.8 Å². The molecule has 0 bridgehead atoms. The van der Waals surface area contributed by atoms with Gasteiger partial charge in [-0.05, 0) is 58.1 Å². The van der Waals surface area contributed by atoms with Crippen molar-refractivity contribution in [2.45, 2.75) is 27.3 Å². The number of aryl methyl sites for hydroxylation is 1. The van der Waals surface area contributed by atoms with E-state index >= 15 is 0 Å². The molecule has 0 saturated heterocycles. The zero-order valence-corrected chi connectivity index (χ0v) is 15.0. The minimum Gasteiger partial charge on any atom is -0.496 e. The Morgan fingerprint density at radius 3 is 2.61 bits per heavy atom. The Balaban J connectivity index is 2.26. The zero-order valence-electron chi connectivity index (χ0n) is 15.0. The normalized spacial score (nSPS) is 11.3. The fraction of sp³-hybridized carbons (Fsp3) is 0.500.